The van der Waals surface area contributed by atoms with Crippen molar-refractivity contribution in [1.82, 2.24) is 0 Å². The van der Waals surface area contributed by atoms with Gasteiger partial charge in [0.2, 0.25) is 0 Å². The number of hydrogen-bond donors (Lipinski definition) is 0. The second kappa shape index (κ2) is 16.7. The van der Waals surface area contributed by atoms with Crippen LogP contribution in [-0.2, 0) is 0 Å². The zero-order valence-electron chi connectivity index (χ0n) is 32.6. The van der Waals surface area contributed by atoms with E-state index in [9.17, 15) is 0 Å². The average Bonchev–Trinajstić information content (AvgIpc) is 3.14. The van der Waals surface area contributed by atoms with Crippen LogP contribution in [-0.4, -0.2) is 32.3 Å². The summed E-state index contributed by atoms with van der Waals surface area (Å²) in [5.74, 6) is 16.3. The molecule has 0 spiro atoms. The summed E-state index contributed by atoms with van der Waals surface area (Å²) in [7, 11) is 0. The highest BCUT2D eigenvalue weighted by molar-refractivity contribution is 5.84. The lowest BCUT2D eigenvalue weighted by molar-refractivity contribution is 0.126. The van der Waals surface area contributed by atoms with Crippen molar-refractivity contribution < 1.29 is 9.47 Å². The minimum Gasteiger partial charge on any atom is -0.485 e. The summed E-state index contributed by atoms with van der Waals surface area (Å²) in [5, 5.41) is 0. The number of benzene rings is 2. The summed E-state index contributed by atoms with van der Waals surface area (Å²) in [6, 6.07) is 12.3. The Labute approximate surface area is 324 Å². The van der Waals surface area contributed by atoms with Crippen molar-refractivity contribution in [2.75, 3.05) is 36.0 Å². The maximum atomic E-state index is 6.58. The molecule has 0 saturated heterocycles. The third kappa shape index (κ3) is 8.90. The molecule has 1 aliphatic carbocycles. The molecular formula is C50H50N2O2. The molecule has 0 amide bonds. The first-order chi connectivity index (χ1) is 25.8. The molecule has 2 aromatic carbocycles. The van der Waals surface area contributed by atoms with E-state index in [1.54, 1.807) is 0 Å². The van der Waals surface area contributed by atoms with E-state index in [2.05, 4.69) is 126 Å². The van der Waals surface area contributed by atoms with Crippen molar-refractivity contribution in [2.24, 2.45) is 10.8 Å². The summed E-state index contributed by atoms with van der Waals surface area (Å²) in [6.45, 7) is 14.6. The Morgan fingerprint density at radius 3 is 1.89 bits per heavy atom. The SMILES string of the molecule is C#CCN(CC#C)c1ccc2c(c1)OC(C(C)(C)C)C=C2/C=C/C1=C(C#C)C(=C/C=C2\C=C(C(C)(C)C)Oc3cc(N(CC#C)CC#C)ccc32)/CCC1. The Morgan fingerprint density at radius 1 is 0.741 bits per heavy atom. The highest BCUT2D eigenvalue weighted by Crippen LogP contribution is 2.43. The van der Waals surface area contributed by atoms with E-state index in [0.29, 0.717) is 26.2 Å². The second-order valence-electron chi connectivity index (χ2n) is 15.8. The van der Waals surface area contributed by atoms with Gasteiger partial charge in [-0.15, -0.1) is 32.1 Å². The monoisotopic (exact) mass is 710 g/mol. The van der Waals surface area contributed by atoms with Crippen LogP contribution >= 0.6 is 0 Å². The van der Waals surface area contributed by atoms with Crippen molar-refractivity contribution in [3.05, 3.63) is 106 Å². The Morgan fingerprint density at radius 2 is 1.33 bits per heavy atom. The first kappa shape index (κ1) is 39.1. The van der Waals surface area contributed by atoms with Crippen LogP contribution in [0.25, 0.3) is 11.1 Å². The molecule has 3 aliphatic rings. The third-order valence-corrected chi connectivity index (χ3v) is 9.70. The van der Waals surface area contributed by atoms with E-state index in [1.165, 1.54) is 0 Å². The summed E-state index contributed by atoms with van der Waals surface area (Å²) in [6.07, 6.45) is 44.6. The quantitative estimate of drug-likeness (QED) is 0.242. The van der Waals surface area contributed by atoms with Gasteiger partial charge in [0.15, 0.2) is 0 Å². The molecule has 0 aromatic heterocycles. The maximum absolute atomic E-state index is 6.58. The number of allylic oxidation sites excluding steroid dienone is 11. The van der Waals surface area contributed by atoms with E-state index in [0.717, 1.165) is 86.9 Å². The lowest BCUT2D eigenvalue weighted by atomic mass is 9.84. The van der Waals surface area contributed by atoms with Gasteiger partial charge in [0.25, 0.3) is 0 Å². The topological polar surface area (TPSA) is 24.9 Å². The van der Waals surface area contributed by atoms with E-state index in [-0.39, 0.29) is 16.9 Å². The summed E-state index contributed by atoms with van der Waals surface area (Å²) >= 11 is 0. The van der Waals surface area contributed by atoms with E-state index < -0.39 is 0 Å². The fourth-order valence-electron chi connectivity index (χ4n) is 6.69. The lowest BCUT2D eigenvalue weighted by Crippen LogP contribution is -2.32. The molecule has 4 nitrogen and oxygen atoms in total. The summed E-state index contributed by atoms with van der Waals surface area (Å²) in [5.41, 5.74) is 8.89. The molecule has 0 saturated carbocycles. The van der Waals surface area contributed by atoms with Crippen LogP contribution in [0.2, 0.25) is 0 Å². The third-order valence-electron chi connectivity index (χ3n) is 9.70. The van der Waals surface area contributed by atoms with Gasteiger partial charge in [0.1, 0.15) is 23.4 Å². The predicted molar refractivity (Wildman–Crippen MR) is 228 cm³/mol. The Balaban J connectivity index is 1.52. The Bertz CT molecular complexity index is 2150. The van der Waals surface area contributed by atoms with Gasteiger partial charge in [-0.05, 0) is 78.0 Å². The fraction of sp³-hybridized carbons (Fsp3) is 0.320. The van der Waals surface area contributed by atoms with Crippen LogP contribution in [0.3, 0.4) is 0 Å². The smallest absolute Gasteiger partial charge is 0.136 e. The largest absolute Gasteiger partial charge is 0.485 e. The predicted octanol–water partition coefficient (Wildman–Crippen LogP) is 10.0. The molecular weight excluding hydrogens is 661 g/mol. The molecule has 5 rings (SSSR count). The molecule has 0 radical (unpaired) electrons. The van der Waals surface area contributed by atoms with Crippen LogP contribution in [0.5, 0.6) is 11.5 Å². The van der Waals surface area contributed by atoms with E-state index in [4.69, 9.17) is 41.6 Å². The minimum absolute atomic E-state index is 0.129. The molecule has 2 aliphatic heterocycles. The molecule has 2 aromatic rings. The van der Waals surface area contributed by atoms with E-state index in [1.807, 2.05) is 28.0 Å². The van der Waals surface area contributed by atoms with Gasteiger partial charge < -0.3 is 19.3 Å². The first-order valence-electron chi connectivity index (χ1n) is 18.4. The molecule has 4 heteroatoms. The number of ether oxygens (including phenoxy) is 2. The molecule has 0 bridgehead atoms. The van der Waals surface area contributed by atoms with Crippen LogP contribution in [0, 0.1) is 72.5 Å². The lowest BCUT2D eigenvalue weighted by Gasteiger charge is -2.34. The Kier molecular flexibility index (Phi) is 12.1. The van der Waals surface area contributed by atoms with Gasteiger partial charge in [0, 0.05) is 51.0 Å². The van der Waals surface area contributed by atoms with Gasteiger partial charge in [-0.25, -0.2) is 0 Å². The maximum Gasteiger partial charge on any atom is 0.136 e. The zero-order valence-corrected chi connectivity index (χ0v) is 32.6. The first-order valence-corrected chi connectivity index (χ1v) is 18.4. The number of anilines is 2. The van der Waals surface area contributed by atoms with Gasteiger partial charge in [-0.2, -0.15) is 0 Å². The number of hydrogen-bond acceptors (Lipinski definition) is 4. The standard InChI is InChI=1S/C50H50N2O2/c1-12-28-51(29-13-2)40-24-26-43-38(32-47(49(6,7)8)53-45(43)34-40)22-20-36-18-17-19-37(42(36)16-5)21-23-39-33-48(50(9,10)11)54-46-35-41(25-27-44(39)46)52(30-14-3)31-15-4/h1-5,20-27,32-35,47H,17-19,28-31H2,6-11H3/b22-20+,37-21+,39-23+. The van der Waals surface area contributed by atoms with Crippen molar-refractivity contribution in [3.63, 3.8) is 0 Å². The van der Waals surface area contributed by atoms with Crippen molar-refractivity contribution in [2.45, 2.75) is 66.9 Å². The van der Waals surface area contributed by atoms with Crippen LogP contribution in [0.4, 0.5) is 11.4 Å². The normalized spacial score (nSPS) is 18.1. The Hall–Kier alpha value is -6.12. The second-order valence-corrected chi connectivity index (χ2v) is 15.8. The summed E-state index contributed by atoms with van der Waals surface area (Å²) < 4.78 is 13.1. The minimum atomic E-state index is -0.211. The van der Waals surface area contributed by atoms with Crippen molar-refractivity contribution in [3.8, 4) is 73.2 Å². The molecule has 54 heavy (non-hydrogen) atoms. The number of fused-ring (bicyclic) bond motifs is 2. The van der Waals surface area contributed by atoms with Gasteiger partial charge in [-0.3, -0.25) is 0 Å². The molecule has 2 heterocycles. The fourth-order valence-corrected chi connectivity index (χ4v) is 6.69. The number of nitrogens with zero attached hydrogens (tertiary/aromatic N) is 2. The summed E-state index contributed by atoms with van der Waals surface area (Å²) in [4.78, 5) is 3.97. The van der Waals surface area contributed by atoms with Crippen molar-refractivity contribution in [1.29, 1.82) is 0 Å². The molecule has 1 unspecified atom stereocenters. The number of terminal acetylenes is 5. The molecule has 0 N–H and O–H groups in total. The molecule has 0 fully saturated rings. The zero-order chi connectivity index (χ0) is 39.0. The van der Waals surface area contributed by atoms with E-state index >= 15 is 0 Å². The highest BCUT2D eigenvalue weighted by Gasteiger charge is 2.30. The van der Waals surface area contributed by atoms with Gasteiger partial charge >= 0.3 is 0 Å². The van der Waals surface area contributed by atoms with Crippen molar-refractivity contribution >= 4 is 22.5 Å². The van der Waals surface area contributed by atoms with Crippen LogP contribution in [0.1, 0.15) is 71.9 Å². The van der Waals surface area contributed by atoms with Crippen LogP contribution in [0.15, 0.2) is 95.3 Å². The van der Waals surface area contributed by atoms with Crippen LogP contribution < -0.4 is 19.3 Å². The molecule has 272 valence electrons. The van der Waals surface area contributed by atoms with Gasteiger partial charge in [0.05, 0.1) is 26.2 Å². The molecule has 1 atom stereocenters. The average molecular weight is 711 g/mol. The number of rotatable bonds is 9. The van der Waals surface area contributed by atoms with Gasteiger partial charge in [-0.1, -0.05) is 95.4 Å². The highest BCUT2D eigenvalue weighted by atomic mass is 16.5.